The molecule has 1 aliphatic heterocycles. The van der Waals surface area contributed by atoms with Crippen LogP contribution in [0.4, 0.5) is 0 Å². The fraction of sp³-hybridized carbons (Fsp3) is 0.438. The Bertz CT molecular complexity index is 616. The summed E-state index contributed by atoms with van der Waals surface area (Å²) in [6.07, 6.45) is 0. The van der Waals surface area contributed by atoms with Crippen molar-refractivity contribution in [3.8, 4) is 0 Å². The minimum absolute atomic E-state index is 0.267. The van der Waals surface area contributed by atoms with Crippen LogP contribution >= 0.6 is 11.6 Å². The second-order valence-electron chi connectivity index (χ2n) is 5.28. The Kier molecular flexibility index (Phi) is 6.57. The van der Waals surface area contributed by atoms with E-state index in [1.54, 1.807) is 29.2 Å². The van der Waals surface area contributed by atoms with Crippen molar-refractivity contribution in [2.45, 2.75) is 13.0 Å². The van der Waals surface area contributed by atoms with E-state index in [4.69, 9.17) is 21.1 Å². The molecule has 2 rings (SSSR count). The van der Waals surface area contributed by atoms with E-state index in [-0.39, 0.29) is 23.1 Å². The zero-order valence-corrected chi connectivity index (χ0v) is 14.0. The molecular weight excluding hydrogens is 336 g/mol. The van der Waals surface area contributed by atoms with Crippen molar-refractivity contribution in [3.63, 3.8) is 0 Å². The average molecular weight is 355 g/mol. The van der Waals surface area contributed by atoms with E-state index in [0.29, 0.717) is 26.3 Å². The number of rotatable bonds is 5. The molecule has 1 N–H and O–H groups in total. The van der Waals surface area contributed by atoms with Crippen molar-refractivity contribution < 1.29 is 23.9 Å². The molecule has 1 saturated heterocycles. The molecule has 1 aromatic carbocycles. The smallest absolute Gasteiger partial charge is 0.328 e. The Hall–Kier alpha value is -2.12. The van der Waals surface area contributed by atoms with E-state index in [2.05, 4.69) is 5.32 Å². The number of nitrogens with one attached hydrogen (secondary N) is 1. The van der Waals surface area contributed by atoms with E-state index in [9.17, 15) is 14.4 Å². The first kappa shape index (κ1) is 18.2. The Morgan fingerprint density at radius 1 is 1.29 bits per heavy atom. The van der Waals surface area contributed by atoms with Crippen molar-refractivity contribution in [1.82, 2.24) is 10.2 Å². The molecule has 2 amide bonds. The van der Waals surface area contributed by atoms with Crippen LogP contribution in [0.5, 0.6) is 0 Å². The van der Waals surface area contributed by atoms with Gasteiger partial charge in [0.15, 0.2) is 6.61 Å². The second kappa shape index (κ2) is 8.65. The van der Waals surface area contributed by atoms with Crippen LogP contribution in [0, 0.1) is 0 Å². The van der Waals surface area contributed by atoms with E-state index in [0.717, 1.165) is 0 Å². The first-order valence-corrected chi connectivity index (χ1v) is 7.94. The van der Waals surface area contributed by atoms with Gasteiger partial charge in [-0.15, -0.1) is 0 Å². The van der Waals surface area contributed by atoms with E-state index in [1.165, 1.54) is 6.92 Å². The Labute approximate surface area is 144 Å². The maximum Gasteiger partial charge on any atom is 0.328 e. The van der Waals surface area contributed by atoms with Crippen LogP contribution in [0.1, 0.15) is 17.3 Å². The molecule has 0 saturated carbocycles. The van der Waals surface area contributed by atoms with Crippen molar-refractivity contribution in [2.24, 2.45) is 0 Å². The van der Waals surface area contributed by atoms with Gasteiger partial charge >= 0.3 is 5.97 Å². The van der Waals surface area contributed by atoms with Gasteiger partial charge in [0.25, 0.3) is 11.8 Å². The van der Waals surface area contributed by atoms with Gasteiger partial charge < -0.3 is 19.7 Å². The zero-order valence-electron chi connectivity index (χ0n) is 13.3. The van der Waals surface area contributed by atoms with Gasteiger partial charge in [0, 0.05) is 13.1 Å². The highest BCUT2D eigenvalue weighted by atomic mass is 35.5. The van der Waals surface area contributed by atoms with Crippen LogP contribution in [0.15, 0.2) is 24.3 Å². The van der Waals surface area contributed by atoms with E-state index >= 15 is 0 Å². The third-order valence-corrected chi connectivity index (χ3v) is 3.85. The summed E-state index contributed by atoms with van der Waals surface area (Å²) in [5.74, 6) is -1.45. The third kappa shape index (κ3) is 4.94. The molecule has 1 aliphatic rings. The molecule has 1 atom stereocenters. The van der Waals surface area contributed by atoms with Crippen LogP contribution in [-0.2, 0) is 19.1 Å². The Morgan fingerprint density at radius 3 is 2.62 bits per heavy atom. The Balaban J connectivity index is 1.80. The summed E-state index contributed by atoms with van der Waals surface area (Å²) in [4.78, 5) is 37.5. The third-order valence-electron chi connectivity index (χ3n) is 3.52. The normalized spacial score (nSPS) is 15.5. The monoisotopic (exact) mass is 354 g/mol. The lowest BCUT2D eigenvalue weighted by atomic mass is 10.2. The fourth-order valence-corrected chi connectivity index (χ4v) is 2.36. The van der Waals surface area contributed by atoms with Crippen LogP contribution in [0.3, 0.4) is 0 Å². The topological polar surface area (TPSA) is 84.9 Å². The SMILES string of the molecule is CC(NC(=O)c1ccccc1Cl)C(=O)OCC(=O)N1CCOCC1. The Morgan fingerprint density at radius 2 is 1.96 bits per heavy atom. The molecule has 24 heavy (non-hydrogen) atoms. The predicted octanol–water partition coefficient (Wildman–Crippen LogP) is 0.860. The summed E-state index contributed by atoms with van der Waals surface area (Å²) < 4.78 is 10.1. The lowest BCUT2D eigenvalue weighted by molar-refractivity contribution is -0.154. The standard InChI is InChI=1S/C16H19ClN2O5/c1-11(18-15(21)12-4-2-3-5-13(12)17)16(22)24-10-14(20)19-6-8-23-9-7-19/h2-5,11H,6-10H2,1H3,(H,18,21). The largest absolute Gasteiger partial charge is 0.454 e. The molecule has 130 valence electrons. The minimum Gasteiger partial charge on any atom is -0.454 e. The molecule has 1 unspecified atom stereocenters. The molecule has 1 aromatic rings. The summed E-state index contributed by atoms with van der Waals surface area (Å²) in [7, 11) is 0. The highest BCUT2D eigenvalue weighted by Crippen LogP contribution is 2.14. The van der Waals surface area contributed by atoms with E-state index < -0.39 is 17.9 Å². The first-order valence-electron chi connectivity index (χ1n) is 7.56. The quantitative estimate of drug-likeness (QED) is 0.793. The van der Waals surface area contributed by atoms with E-state index in [1.807, 2.05) is 0 Å². The number of benzene rings is 1. The van der Waals surface area contributed by atoms with Crippen molar-refractivity contribution in [3.05, 3.63) is 34.9 Å². The molecule has 1 fully saturated rings. The molecule has 0 aromatic heterocycles. The number of nitrogens with zero attached hydrogens (tertiary/aromatic N) is 1. The van der Waals surface area contributed by atoms with Crippen molar-refractivity contribution in [1.29, 1.82) is 0 Å². The average Bonchev–Trinajstić information content (AvgIpc) is 2.60. The molecule has 1 heterocycles. The number of halogens is 1. The lowest BCUT2D eigenvalue weighted by Gasteiger charge is -2.26. The number of carbonyl (C=O) groups excluding carboxylic acids is 3. The van der Waals surface area contributed by atoms with Crippen LogP contribution in [-0.4, -0.2) is 61.6 Å². The van der Waals surface area contributed by atoms with Crippen LogP contribution in [0.2, 0.25) is 5.02 Å². The highest BCUT2D eigenvalue weighted by molar-refractivity contribution is 6.33. The summed E-state index contributed by atoms with van der Waals surface area (Å²) in [5, 5.41) is 2.79. The van der Waals surface area contributed by atoms with Crippen molar-refractivity contribution in [2.75, 3.05) is 32.9 Å². The number of ether oxygens (including phenoxy) is 2. The molecule has 0 radical (unpaired) electrons. The van der Waals surface area contributed by atoms with Gasteiger partial charge in [0.1, 0.15) is 6.04 Å². The predicted molar refractivity (Wildman–Crippen MR) is 86.7 cm³/mol. The fourth-order valence-electron chi connectivity index (χ4n) is 2.14. The maximum absolute atomic E-state index is 12.1. The molecule has 7 nitrogen and oxygen atoms in total. The van der Waals surface area contributed by atoms with Gasteiger partial charge in [-0.3, -0.25) is 9.59 Å². The maximum atomic E-state index is 12.1. The number of hydrogen-bond donors (Lipinski definition) is 1. The van der Waals surface area contributed by atoms with Gasteiger partial charge in [-0.05, 0) is 19.1 Å². The van der Waals surface area contributed by atoms with Gasteiger partial charge in [-0.1, -0.05) is 23.7 Å². The first-order chi connectivity index (χ1) is 11.5. The molecular formula is C16H19ClN2O5. The number of carbonyl (C=O) groups is 3. The van der Waals surface area contributed by atoms with Crippen molar-refractivity contribution >= 4 is 29.4 Å². The summed E-state index contributed by atoms with van der Waals surface area (Å²) >= 11 is 5.93. The molecule has 0 spiro atoms. The van der Waals surface area contributed by atoms with Gasteiger partial charge in [-0.25, -0.2) is 4.79 Å². The van der Waals surface area contributed by atoms with Gasteiger partial charge in [-0.2, -0.15) is 0 Å². The summed E-state index contributed by atoms with van der Waals surface area (Å²) in [5.41, 5.74) is 0.267. The zero-order chi connectivity index (χ0) is 17.5. The number of esters is 1. The highest BCUT2D eigenvalue weighted by Gasteiger charge is 2.22. The van der Waals surface area contributed by atoms with Gasteiger partial charge in [0.2, 0.25) is 0 Å². The minimum atomic E-state index is -0.897. The summed E-state index contributed by atoms with van der Waals surface area (Å²) in [6.45, 7) is 3.04. The van der Waals surface area contributed by atoms with Gasteiger partial charge in [0.05, 0.1) is 23.8 Å². The second-order valence-corrected chi connectivity index (χ2v) is 5.68. The summed E-state index contributed by atoms with van der Waals surface area (Å²) in [6, 6.07) is 5.61. The number of amides is 2. The molecule has 0 bridgehead atoms. The number of hydrogen-bond acceptors (Lipinski definition) is 5. The number of morpholine rings is 1. The van der Waals surface area contributed by atoms with Crippen LogP contribution in [0.25, 0.3) is 0 Å². The molecule has 0 aliphatic carbocycles. The molecule has 8 heteroatoms. The lowest BCUT2D eigenvalue weighted by Crippen LogP contribution is -2.44. The van der Waals surface area contributed by atoms with Crippen LogP contribution < -0.4 is 5.32 Å².